The average molecular weight is 274 g/mol. The molecular weight excluding hydrogens is 259 g/mol. The smallest absolute Gasteiger partial charge is 0.366 e. The van der Waals surface area contributed by atoms with Crippen LogP contribution in [-0.4, -0.2) is 52.1 Å². The molecule has 0 aromatic heterocycles. The Bertz CT molecular complexity index is 399. The van der Waals surface area contributed by atoms with E-state index in [0.717, 1.165) is 0 Å². The lowest BCUT2D eigenvalue weighted by Crippen LogP contribution is -2.47. The number of rotatable bonds is 6. The molecule has 0 fully saturated rings. The average Bonchev–Trinajstić information content (AvgIpc) is 3.01. The van der Waals surface area contributed by atoms with E-state index in [-0.39, 0.29) is 13.2 Å². The van der Waals surface area contributed by atoms with E-state index in [0.29, 0.717) is 5.70 Å². The molecule has 2 atom stereocenters. The summed E-state index contributed by atoms with van der Waals surface area (Å²) >= 11 is 0. The predicted octanol–water partition coefficient (Wildman–Crippen LogP) is -1.58. The van der Waals surface area contributed by atoms with Crippen LogP contribution in [0.5, 0.6) is 0 Å². The van der Waals surface area contributed by atoms with Gasteiger partial charge in [-0.3, -0.25) is 20.0 Å². The topological polar surface area (TPSA) is 106 Å². The molecule has 4 N–H and O–H groups in total. The van der Waals surface area contributed by atoms with E-state index in [2.05, 4.69) is 16.3 Å². The SMILES string of the molecule is O=[N+]([O-])C1NC=CN1CC1=CN(C(CO)CF)NN1. The van der Waals surface area contributed by atoms with Gasteiger partial charge in [0, 0.05) is 18.6 Å². The maximum atomic E-state index is 12.6. The molecule has 9 nitrogen and oxygen atoms in total. The molecule has 2 aliphatic heterocycles. The molecule has 0 saturated carbocycles. The highest BCUT2D eigenvalue weighted by Crippen LogP contribution is 2.11. The van der Waals surface area contributed by atoms with Gasteiger partial charge in [-0.05, 0) is 0 Å². The normalized spacial score (nSPS) is 23.1. The number of halogens is 1. The Morgan fingerprint density at radius 3 is 3.05 bits per heavy atom. The van der Waals surface area contributed by atoms with Gasteiger partial charge < -0.3 is 15.8 Å². The number of hydrazine groups is 2. The summed E-state index contributed by atoms with van der Waals surface area (Å²) in [5, 5.41) is 23.7. The number of nitro groups is 1. The Hall–Kier alpha value is -2.07. The summed E-state index contributed by atoms with van der Waals surface area (Å²) in [7, 11) is 0. The summed E-state index contributed by atoms with van der Waals surface area (Å²) in [5.74, 6) is 0. The summed E-state index contributed by atoms with van der Waals surface area (Å²) in [5.41, 5.74) is 6.08. The fraction of sp³-hybridized carbons (Fsp3) is 0.556. The van der Waals surface area contributed by atoms with Crippen LogP contribution < -0.4 is 16.3 Å². The van der Waals surface area contributed by atoms with Crippen LogP contribution in [0, 0.1) is 10.1 Å². The van der Waals surface area contributed by atoms with E-state index < -0.39 is 23.9 Å². The van der Waals surface area contributed by atoms with Crippen molar-refractivity contribution in [2.24, 2.45) is 0 Å². The Balaban J connectivity index is 1.95. The molecule has 0 spiro atoms. The van der Waals surface area contributed by atoms with Crippen LogP contribution in [0.25, 0.3) is 0 Å². The third-order valence-electron chi connectivity index (χ3n) is 2.80. The van der Waals surface area contributed by atoms with Crippen LogP contribution >= 0.6 is 0 Å². The molecule has 2 heterocycles. The maximum absolute atomic E-state index is 12.6. The molecule has 2 rings (SSSR count). The lowest BCUT2D eigenvalue weighted by Gasteiger charge is -2.22. The fourth-order valence-electron chi connectivity index (χ4n) is 1.78. The zero-order valence-corrected chi connectivity index (χ0v) is 9.99. The molecule has 10 heteroatoms. The first kappa shape index (κ1) is 13.4. The van der Waals surface area contributed by atoms with Crippen molar-refractivity contribution < 1.29 is 14.4 Å². The quantitative estimate of drug-likeness (QED) is 0.340. The third-order valence-corrected chi connectivity index (χ3v) is 2.80. The molecule has 2 unspecified atom stereocenters. The van der Waals surface area contributed by atoms with Crippen molar-refractivity contribution in [1.82, 2.24) is 26.2 Å². The summed E-state index contributed by atoms with van der Waals surface area (Å²) in [6.07, 6.45) is 3.62. The molecule has 0 aliphatic carbocycles. The summed E-state index contributed by atoms with van der Waals surface area (Å²) < 4.78 is 12.6. The van der Waals surface area contributed by atoms with E-state index in [4.69, 9.17) is 5.11 Å². The molecule has 0 radical (unpaired) electrons. The van der Waals surface area contributed by atoms with E-state index in [1.807, 2.05) is 0 Å². The summed E-state index contributed by atoms with van der Waals surface area (Å²) in [6.45, 7) is -0.793. The van der Waals surface area contributed by atoms with Crippen molar-refractivity contribution in [2.75, 3.05) is 19.8 Å². The molecule has 0 bridgehead atoms. The van der Waals surface area contributed by atoms with E-state index in [1.165, 1.54) is 16.1 Å². The molecule has 2 aliphatic rings. The highest BCUT2D eigenvalue weighted by Gasteiger charge is 2.30. The number of nitrogens with one attached hydrogen (secondary N) is 3. The van der Waals surface area contributed by atoms with Crippen molar-refractivity contribution in [3.63, 3.8) is 0 Å². The molecule has 0 aromatic rings. The Morgan fingerprint density at radius 2 is 2.42 bits per heavy atom. The molecule has 19 heavy (non-hydrogen) atoms. The van der Waals surface area contributed by atoms with Gasteiger partial charge >= 0.3 is 6.29 Å². The number of aliphatic hydroxyl groups is 1. The number of nitrogens with zero attached hydrogens (tertiary/aromatic N) is 3. The van der Waals surface area contributed by atoms with Crippen LogP contribution in [0.3, 0.4) is 0 Å². The second kappa shape index (κ2) is 5.71. The maximum Gasteiger partial charge on any atom is 0.366 e. The molecular formula is C9H15FN6O3. The Labute approximate surface area is 108 Å². The van der Waals surface area contributed by atoms with Crippen molar-refractivity contribution in [2.45, 2.75) is 12.3 Å². The largest absolute Gasteiger partial charge is 0.394 e. The van der Waals surface area contributed by atoms with Crippen LogP contribution in [0.1, 0.15) is 0 Å². The highest BCUT2D eigenvalue weighted by atomic mass is 19.1. The van der Waals surface area contributed by atoms with Gasteiger partial charge in [0.15, 0.2) is 0 Å². The minimum Gasteiger partial charge on any atom is -0.394 e. The lowest BCUT2D eigenvalue weighted by atomic mass is 10.3. The minimum atomic E-state index is -1.01. The zero-order chi connectivity index (χ0) is 13.8. The van der Waals surface area contributed by atoms with Crippen LogP contribution in [0.15, 0.2) is 24.3 Å². The van der Waals surface area contributed by atoms with Crippen molar-refractivity contribution in [1.29, 1.82) is 0 Å². The number of aliphatic hydroxyl groups excluding tert-OH is 1. The third kappa shape index (κ3) is 2.85. The molecule has 0 amide bonds. The van der Waals surface area contributed by atoms with Crippen molar-refractivity contribution in [3.05, 3.63) is 34.4 Å². The Morgan fingerprint density at radius 1 is 1.63 bits per heavy atom. The van der Waals surface area contributed by atoms with Gasteiger partial charge in [-0.1, -0.05) is 0 Å². The van der Waals surface area contributed by atoms with Crippen LogP contribution in [0.2, 0.25) is 0 Å². The molecule has 0 saturated heterocycles. The highest BCUT2D eigenvalue weighted by molar-refractivity contribution is 5.08. The lowest BCUT2D eigenvalue weighted by molar-refractivity contribution is -0.549. The van der Waals surface area contributed by atoms with E-state index in [9.17, 15) is 14.5 Å². The summed E-state index contributed by atoms with van der Waals surface area (Å²) in [4.78, 5) is 11.8. The minimum absolute atomic E-state index is 0.253. The first-order valence-corrected chi connectivity index (χ1v) is 5.65. The standard InChI is InChI=1S/C9H15FN6O3/c10-3-8(6-17)15-5-7(12-13-15)4-14-2-1-11-9(14)16(18)19/h1-2,5,8-9,11-13,17H,3-4,6H2. The zero-order valence-electron chi connectivity index (χ0n) is 9.99. The Kier molecular flexibility index (Phi) is 4.02. The first-order chi connectivity index (χ1) is 9.15. The van der Waals surface area contributed by atoms with Gasteiger partial charge in [-0.25, -0.2) is 4.39 Å². The number of alkyl halides is 1. The second-order valence-corrected chi connectivity index (χ2v) is 4.10. The van der Waals surface area contributed by atoms with Gasteiger partial charge in [0.05, 0.1) is 29.8 Å². The van der Waals surface area contributed by atoms with Crippen LogP contribution in [0.4, 0.5) is 4.39 Å². The predicted molar refractivity (Wildman–Crippen MR) is 62.8 cm³/mol. The van der Waals surface area contributed by atoms with Gasteiger partial charge in [0.1, 0.15) is 6.67 Å². The van der Waals surface area contributed by atoms with E-state index >= 15 is 0 Å². The van der Waals surface area contributed by atoms with Gasteiger partial charge in [-0.2, -0.15) is 0 Å². The second-order valence-electron chi connectivity index (χ2n) is 4.10. The van der Waals surface area contributed by atoms with Crippen LogP contribution in [-0.2, 0) is 0 Å². The van der Waals surface area contributed by atoms with Gasteiger partial charge in [-0.15, -0.1) is 5.53 Å². The van der Waals surface area contributed by atoms with Crippen molar-refractivity contribution >= 4 is 0 Å². The fourth-order valence-corrected chi connectivity index (χ4v) is 1.78. The van der Waals surface area contributed by atoms with Gasteiger partial charge in [0.2, 0.25) is 0 Å². The molecule has 0 aromatic carbocycles. The number of hydrogen-bond donors (Lipinski definition) is 4. The van der Waals surface area contributed by atoms with Crippen molar-refractivity contribution in [3.8, 4) is 0 Å². The number of hydrogen-bond acceptors (Lipinski definition) is 8. The van der Waals surface area contributed by atoms with E-state index in [1.54, 1.807) is 12.4 Å². The monoisotopic (exact) mass is 274 g/mol. The van der Waals surface area contributed by atoms with Gasteiger partial charge in [0.25, 0.3) is 0 Å². The first-order valence-electron chi connectivity index (χ1n) is 5.65. The summed E-state index contributed by atoms with van der Waals surface area (Å²) in [6, 6.07) is -0.691. The molecule has 106 valence electrons.